The fourth-order valence-electron chi connectivity index (χ4n) is 1.80. The monoisotopic (exact) mass is 361 g/mol. The van der Waals surface area contributed by atoms with E-state index in [4.69, 9.17) is 4.74 Å². The third-order valence-electron chi connectivity index (χ3n) is 3.11. The number of alkyl halides is 6. The van der Waals surface area contributed by atoms with E-state index in [-0.39, 0.29) is 25.3 Å². The Bertz CT molecular complexity index is 609. The maximum absolute atomic E-state index is 13.5. The molecule has 1 aliphatic rings. The van der Waals surface area contributed by atoms with Crippen molar-refractivity contribution in [3.05, 3.63) is 35.1 Å². The summed E-state index contributed by atoms with van der Waals surface area (Å²) >= 11 is 0. The van der Waals surface area contributed by atoms with Crippen LogP contribution in [-0.2, 0) is 27.2 Å². The van der Waals surface area contributed by atoms with Crippen LogP contribution in [0.2, 0.25) is 0 Å². The van der Waals surface area contributed by atoms with Crippen molar-refractivity contribution >= 4 is 5.97 Å². The van der Waals surface area contributed by atoms with Crippen LogP contribution in [-0.4, -0.2) is 36.4 Å². The van der Waals surface area contributed by atoms with Gasteiger partial charge in [0.25, 0.3) is 0 Å². The molecule has 0 amide bonds. The Kier molecular flexibility index (Phi) is 5.04. The predicted octanol–water partition coefficient (Wildman–Crippen LogP) is 3.07. The molecule has 1 aromatic rings. The van der Waals surface area contributed by atoms with Crippen molar-refractivity contribution in [2.45, 2.75) is 25.1 Å². The number of benzene rings is 1. The van der Waals surface area contributed by atoms with Crippen LogP contribution in [0.15, 0.2) is 18.2 Å². The van der Waals surface area contributed by atoms with Gasteiger partial charge in [-0.15, -0.1) is 5.06 Å². The van der Waals surface area contributed by atoms with Crippen LogP contribution in [0.1, 0.15) is 11.1 Å². The van der Waals surface area contributed by atoms with E-state index in [1.165, 1.54) is 0 Å². The van der Waals surface area contributed by atoms with Crippen LogP contribution < -0.4 is 0 Å². The number of halogens is 7. The lowest BCUT2D eigenvalue weighted by Gasteiger charge is -2.36. The van der Waals surface area contributed by atoms with Gasteiger partial charge in [0, 0.05) is 5.56 Å². The molecule has 2 rings (SSSR count). The summed E-state index contributed by atoms with van der Waals surface area (Å²) in [5, 5.41) is 0.712. The second-order valence-corrected chi connectivity index (χ2v) is 4.96. The molecule has 0 spiro atoms. The molecule has 0 unspecified atom stereocenters. The predicted molar refractivity (Wildman–Crippen MR) is 63.7 cm³/mol. The van der Waals surface area contributed by atoms with Gasteiger partial charge >= 0.3 is 18.3 Å². The summed E-state index contributed by atoms with van der Waals surface area (Å²) in [5.74, 6) is -3.47. The molecule has 11 heteroatoms. The highest BCUT2D eigenvalue weighted by atomic mass is 19.4. The zero-order chi connectivity index (χ0) is 18.1. The topological polar surface area (TPSA) is 38.8 Å². The van der Waals surface area contributed by atoms with E-state index >= 15 is 0 Å². The summed E-state index contributed by atoms with van der Waals surface area (Å²) in [7, 11) is 0. The van der Waals surface area contributed by atoms with Crippen LogP contribution in [0.25, 0.3) is 0 Å². The maximum atomic E-state index is 13.5. The molecule has 0 aromatic heterocycles. The highest BCUT2D eigenvalue weighted by Gasteiger charge is 2.44. The summed E-state index contributed by atoms with van der Waals surface area (Å²) in [5.41, 5.74) is -1.27. The van der Waals surface area contributed by atoms with E-state index in [1.54, 1.807) is 0 Å². The summed E-state index contributed by atoms with van der Waals surface area (Å²) in [6.45, 7) is -0.691. The van der Waals surface area contributed by atoms with E-state index in [2.05, 4.69) is 4.84 Å². The lowest BCUT2D eigenvalue weighted by molar-refractivity contribution is -0.269. The zero-order valence-corrected chi connectivity index (χ0v) is 11.7. The average Bonchev–Trinajstić information content (AvgIpc) is 2.39. The molecule has 1 saturated heterocycles. The molecule has 134 valence electrons. The molecule has 1 heterocycles. The van der Waals surface area contributed by atoms with Crippen molar-refractivity contribution in [2.75, 3.05) is 13.1 Å². The first-order valence-corrected chi connectivity index (χ1v) is 6.48. The molecule has 0 N–H and O–H groups in total. The summed E-state index contributed by atoms with van der Waals surface area (Å²) in [6.07, 6.45) is -10.4. The van der Waals surface area contributed by atoms with Gasteiger partial charge in [-0.1, -0.05) is 6.07 Å². The number of hydrogen-bond donors (Lipinski definition) is 0. The standard InChI is InChI=1S/C13H10F7NO3/c14-10-3-8(12(15,16)17)2-1-7(10)6-23-9-4-21(5-9)24-11(22)13(18,19)20/h1-3,9H,4-6H2. The van der Waals surface area contributed by atoms with Gasteiger partial charge in [0.1, 0.15) is 5.82 Å². The van der Waals surface area contributed by atoms with Crippen molar-refractivity contribution in [3.8, 4) is 0 Å². The molecule has 1 fully saturated rings. The Hall–Kier alpha value is -1.88. The zero-order valence-electron chi connectivity index (χ0n) is 11.7. The van der Waals surface area contributed by atoms with Gasteiger partial charge in [-0.3, -0.25) is 0 Å². The van der Waals surface area contributed by atoms with Crippen molar-refractivity contribution < 1.29 is 45.1 Å². The van der Waals surface area contributed by atoms with Gasteiger partial charge in [0.15, 0.2) is 0 Å². The number of hydrogen-bond acceptors (Lipinski definition) is 4. The lowest BCUT2D eigenvalue weighted by atomic mass is 10.1. The molecule has 0 radical (unpaired) electrons. The normalized spacial score (nSPS) is 16.8. The minimum atomic E-state index is -5.12. The van der Waals surface area contributed by atoms with E-state index in [9.17, 15) is 35.5 Å². The van der Waals surface area contributed by atoms with E-state index in [0.717, 1.165) is 6.07 Å². The van der Waals surface area contributed by atoms with E-state index in [0.29, 0.717) is 17.2 Å². The third-order valence-corrected chi connectivity index (χ3v) is 3.11. The molecule has 0 aliphatic carbocycles. The van der Waals surface area contributed by atoms with Gasteiger partial charge in [0.05, 0.1) is 31.4 Å². The average molecular weight is 361 g/mol. The number of hydroxylamine groups is 2. The number of ether oxygens (including phenoxy) is 1. The smallest absolute Gasteiger partial charge is 0.370 e. The van der Waals surface area contributed by atoms with E-state index < -0.39 is 35.8 Å². The van der Waals surface area contributed by atoms with Gasteiger partial charge in [-0.05, 0) is 12.1 Å². The Morgan fingerprint density at radius 1 is 1.17 bits per heavy atom. The fraction of sp³-hybridized carbons (Fsp3) is 0.462. The second-order valence-electron chi connectivity index (χ2n) is 4.96. The van der Waals surface area contributed by atoms with Crippen LogP contribution >= 0.6 is 0 Å². The quantitative estimate of drug-likeness (QED) is 0.773. The number of carbonyl (C=O) groups is 1. The maximum Gasteiger partial charge on any atom is 0.492 e. The fourth-order valence-corrected chi connectivity index (χ4v) is 1.80. The number of nitrogens with zero attached hydrogens (tertiary/aromatic N) is 1. The minimum Gasteiger partial charge on any atom is -0.370 e. The van der Waals surface area contributed by atoms with Crippen LogP contribution in [0, 0.1) is 5.82 Å². The lowest BCUT2D eigenvalue weighted by Crippen LogP contribution is -2.53. The van der Waals surface area contributed by atoms with Gasteiger partial charge in [-0.25, -0.2) is 9.18 Å². The molecule has 4 nitrogen and oxygen atoms in total. The Morgan fingerprint density at radius 3 is 2.29 bits per heavy atom. The van der Waals surface area contributed by atoms with E-state index in [1.807, 2.05) is 0 Å². The van der Waals surface area contributed by atoms with Gasteiger partial charge in [-0.2, -0.15) is 26.3 Å². The molecule has 0 atom stereocenters. The highest BCUT2D eigenvalue weighted by Crippen LogP contribution is 2.30. The summed E-state index contributed by atoms with van der Waals surface area (Å²) < 4.78 is 91.7. The summed E-state index contributed by atoms with van der Waals surface area (Å²) in [4.78, 5) is 14.5. The Morgan fingerprint density at radius 2 is 1.79 bits per heavy atom. The highest BCUT2D eigenvalue weighted by molar-refractivity contribution is 5.75. The second kappa shape index (κ2) is 6.55. The minimum absolute atomic E-state index is 0.131. The van der Waals surface area contributed by atoms with Gasteiger partial charge in [0.2, 0.25) is 0 Å². The molecular formula is C13H10F7NO3. The van der Waals surface area contributed by atoms with Crippen molar-refractivity contribution in [1.82, 2.24) is 5.06 Å². The molecule has 24 heavy (non-hydrogen) atoms. The largest absolute Gasteiger partial charge is 0.492 e. The van der Waals surface area contributed by atoms with Crippen molar-refractivity contribution in [2.24, 2.45) is 0 Å². The summed E-state index contributed by atoms with van der Waals surface area (Å²) in [6, 6.07) is 1.94. The number of carbonyl (C=O) groups excluding carboxylic acids is 1. The molecule has 0 bridgehead atoms. The first-order chi connectivity index (χ1) is 11.0. The van der Waals surface area contributed by atoms with Crippen LogP contribution in [0.4, 0.5) is 30.7 Å². The SMILES string of the molecule is O=C(ON1CC(OCc2ccc(C(F)(F)F)cc2F)C1)C(F)(F)F. The van der Waals surface area contributed by atoms with Gasteiger partial charge < -0.3 is 9.57 Å². The van der Waals surface area contributed by atoms with Crippen molar-refractivity contribution in [1.29, 1.82) is 0 Å². The Labute approximate surface area is 130 Å². The third kappa shape index (κ3) is 4.57. The Balaban J connectivity index is 1.79. The molecule has 0 saturated carbocycles. The molecular weight excluding hydrogens is 351 g/mol. The first-order valence-electron chi connectivity index (χ1n) is 6.48. The van der Waals surface area contributed by atoms with Crippen LogP contribution in [0.5, 0.6) is 0 Å². The first kappa shape index (κ1) is 18.5. The molecule has 1 aromatic carbocycles. The van der Waals surface area contributed by atoms with Crippen LogP contribution in [0.3, 0.4) is 0 Å². The van der Waals surface area contributed by atoms with Crippen molar-refractivity contribution in [3.63, 3.8) is 0 Å². The molecule has 1 aliphatic heterocycles. The number of rotatable bonds is 4.